The standard InChI is InChI=1S/C21H16F2N2O4S2/c1-28-11-3-5-13-15(7-11)30-19(24-13)9-17(26)21(22,23)18(27)10-20-25-14-6-4-12(29-2)8-16(14)31-20/h3-10,26-27H,1-2H3. The summed E-state index contributed by atoms with van der Waals surface area (Å²) in [7, 11) is 3.04. The van der Waals surface area contributed by atoms with Gasteiger partial charge >= 0.3 is 5.92 Å². The van der Waals surface area contributed by atoms with Crippen molar-refractivity contribution in [2.75, 3.05) is 14.2 Å². The van der Waals surface area contributed by atoms with Crippen LogP contribution in [-0.2, 0) is 0 Å². The van der Waals surface area contributed by atoms with Crippen molar-refractivity contribution in [3.8, 4) is 11.5 Å². The Morgan fingerprint density at radius 1 is 0.839 bits per heavy atom. The molecule has 31 heavy (non-hydrogen) atoms. The number of aromatic nitrogens is 2. The van der Waals surface area contributed by atoms with Gasteiger partial charge in [-0.2, -0.15) is 8.78 Å². The van der Waals surface area contributed by atoms with Crippen LogP contribution in [0.2, 0.25) is 0 Å². The van der Waals surface area contributed by atoms with Gasteiger partial charge in [-0.15, -0.1) is 22.7 Å². The van der Waals surface area contributed by atoms with E-state index in [1.54, 1.807) is 36.4 Å². The van der Waals surface area contributed by atoms with E-state index >= 15 is 0 Å². The molecule has 160 valence electrons. The molecule has 0 spiro atoms. The van der Waals surface area contributed by atoms with E-state index in [1.165, 1.54) is 14.2 Å². The van der Waals surface area contributed by atoms with Crippen molar-refractivity contribution in [3.05, 3.63) is 57.9 Å². The molecule has 0 aliphatic heterocycles. The van der Waals surface area contributed by atoms with Crippen LogP contribution in [0.1, 0.15) is 10.0 Å². The maximum Gasteiger partial charge on any atom is 0.359 e. The van der Waals surface area contributed by atoms with E-state index in [9.17, 15) is 19.0 Å². The van der Waals surface area contributed by atoms with Gasteiger partial charge in [-0.05, 0) is 36.4 Å². The van der Waals surface area contributed by atoms with Crippen LogP contribution >= 0.6 is 22.7 Å². The van der Waals surface area contributed by atoms with Crippen LogP contribution in [0, 0.1) is 0 Å². The van der Waals surface area contributed by atoms with E-state index in [-0.39, 0.29) is 10.0 Å². The number of methoxy groups -OCH3 is 2. The molecule has 2 aromatic carbocycles. The number of hydrogen-bond acceptors (Lipinski definition) is 8. The summed E-state index contributed by atoms with van der Waals surface area (Å²) in [6, 6.07) is 10.2. The number of halogens is 2. The van der Waals surface area contributed by atoms with Gasteiger partial charge in [0.05, 0.1) is 34.7 Å². The number of thiazole rings is 2. The Labute approximate surface area is 183 Å². The number of benzene rings is 2. The third-order valence-corrected chi connectivity index (χ3v) is 6.32. The van der Waals surface area contributed by atoms with E-state index in [4.69, 9.17) is 9.47 Å². The summed E-state index contributed by atoms with van der Waals surface area (Å²) >= 11 is 2.22. The quantitative estimate of drug-likeness (QED) is 0.339. The lowest BCUT2D eigenvalue weighted by Crippen LogP contribution is -2.22. The van der Waals surface area contributed by atoms with Crippen molar-refractivity contribution in [3.63, 3.8) is 0 Å². The lowest BCUT2D eigenvalue weighted by molar-refractivity contribution is 0.00242. The summed E-state index contributed by atoms with van der Waals surface area (Å²) in [6.45, 7) is 0. The molecule has 0 atom stereocenters. The average Bonchev–Trinajstić information content (AvgIpc) is 3.34. The molecule has 0 unspecified atom stereocenters. The summed E-state index contributed by atoms with van der Waals surface area (Å²) in [4.78, 5) is 8.40. The molecule has 4 rings (SSSR count). The molecule has 0 aliphatic carbocycles. The number of hydrogen-bond donors (Lipinski definition) is 2. The van der Waals surface area contributed by atoms with E-state index < -0.39 is 17.4 Å². The Hall–Kier alpha value is -3.24. The van der Waals surface area contributed by atoms with Crippen LogP contribution in [0.4, 0.5) is 8.78 Å². The highest BCUT2D eigenvalue weighted by atomic mass is 32.1. The number of alkyl halides is 2. The molecule has 0 aliphatic rings. The fourth-order valence-electron chi connectivity index (χ4n) is 2.77. The molecule has 0 radical (unpaired) electrons. The molecule has 0 saturated heterocycles. The van der Waals surface area contributed by atoms with Crippen molar-refractivity contribution in [2.24, 2.45) is 0 Å². The highest BCUT2D eigenvalue weighted by Crippen LogP contribution is 2.35. The van der Waals surface area contributed by atoms with Gasteiger partial charge in [0.1, 0.15) is 21.5 Å². The summed E-state index contributed by atoms with van der Waals surface area (Å²) in [5.74, 6) is -5.44. The molecular weight excluding hydrogens is 446 g/mol. The Balaban J connectivity index is 1.63. The van der Waals surface area contributed by atoms with Gasteiger partial charge in [0.15, 0.2) is 11.5 Å². The van der Waals surface area contributed by atoms with E-state index in [0.717, 1.165) is 34.8 Å². The minimum atomic E-state index is -4.01. The van der Waals surface area contributed by atoms with Crippen molar-refractivity contribution >= 4 is 55.3 Å². The fourth-order valence-corrected chi connectivity index (χ4v) is 4.64. The zero-order chi connectivity index (χ0) is 22.2. The molecule has 0 bridgehead atoms. The first-order valence-corrected chi connectivity index (χ1v) is 10.5. The number of fused-ring (bicyclic) bond motifs is 2. The predicted molar refractivity (Wildman–Crippen MR) is 119 cm³/mol. The summed E-state index contributed by atoms with van der Waals surface area (Å²) in [6.07, 6.45) is 1.68. The summed E-state index contributed by atoms with van der Waals surface area (Å²) in [5, 5.41) is 20.4. The smallest absolute Gasteiger partial charge is 0.359 e. The minimum Gasteiger partial charge on any atom is -0.506 e. The molecule has 2 aromatic heterocycles. The first-order chi connectivity index (χ1) is 14.8. The second-order valence-electron chi connectivity index (χ2n) is 6.41. The van der Waals surface area contributed by atoms with Crippen molar-refractivity contribution in [2.45, 2.75) is 5.92 Å². The van der Waals surface area contributed by atoms with Crippen LogP contribution < -0.4 is 9.47 Å². The van der Waals surface area contributed by atoms with Crippen LogP contribution in [0.5, 0.6) is 11.5 Å². The minimum absolute atomic E-state index is 0.167. The van der Waals surface area contributed by atoms with E-state index in [0.29, 0.717) is 31.9 Å². The number of ether oxygens (including phenoxy) is 2. The van der Waals surface area contributed by atoms with Gasteiger partial charge in [0.2, 0.25) is 0 Å². The highest BCUT2D eigenvalue weighted by molar-refractivity contribution is 7.19. The van der Waals surface area contributed by atoms with Gasteiger partial charge in [0.25, 0.3) is 0 Å². The number of rotatable bonds is 6. The molecule has 10 heteroatoms. The predicted octanol–water partition coefficient (Wildman–Crippen LogP) is 6.06. The third-order valence-electron chi connectivity index (χ3n) is 4.39. The highest BCUT2D eigenvalue weighted by Gasteiger charge is 2.40. The first-order valence-electron chi connectivity index (χ1n) is 8.89. The normalized spacial score (nSPS) is 13.2. The summed E-state index contributed by atoms with van der Waals surface area (Å²) in [5.41, 5.74) is 1.16. The fraction of sp³-hybridized carbons (Fsp3) is 0.143. The average molecular weight is 462 g/mol. The van der Waals surface area contributed by atoms with Gasteiger partial charge in [-0.25, -0.2) is 9.97 Å². The van der Waals surface area contributed by atoms with Gasteiger partial charge < -0.3 is 19.7 Å². The van der Waals surface area contributed by atoms with Crippen molar-refractivity contribution in [1.82, 2.24) is 9.97 Å². The monoisotopic (exact) mass is 462 g/mol. The van der Waals surface area contributed by atoms with E-state index in [2.05, 4.69) is 9.97 Å². The third kappa shape index (κ3) is 4.17. The van der Waals surface area contributed by atoms with Gasteiger partial charge in [-0.3, -0.25) is 0 Å². The molecule has 4 aromatic rings. The SMILES string of the molecule is COc1ccc2nc(C=C(O)C(F)(F)C(O)=Cc3nc4ccc(OC)cc4s3)sc2c1. The number of aliphatic hydroxyl groups is 2. The lowest BCUT2D eigenvalue weighted by Gasteiger charge is -2.14. The van der Waals surface area contributed by atoms with Crippen LogP contribution in [0.25, 0.3) is 32.6 Å². The first kappa shape index (κ1) is 21.0. The topological polar surface area (TPSA) is 84.7 Å². The van der Waals surface area contributed by atoms with Crippen molar-refractivity contribution < 1.29 is 28.5 Å². The van der Waals surface area contributed by atoms with Crippen LogP contribution in [0.15, 0.2) is 47.9 Å². The summed E-state index contributed by atoms with van der Waals surface area (Å²) < 4.78 is 40.9. The van der Waals surface area contributed by atoms with Gasteiger partial charge in [0, 0.05) is 12.2 Å². The molecule has 0 fully saturated rings. The lowest BCUT2D eigenvalue weighted by atomic mass is 10.2. The molecule has 2 heterocycles. The second kappa shape index (κ2) is 8.12. The van der Waals surface area contributed by atoms with E-state index in [1.807, 2.05) is 0 Å². The Morgan fingerprint density at radius 3 is 1.65 bits per heavy atom. The Kier molecular flexibility index (Phi) is 5.50. The van der Waals surface area contributed by atoms with Crippen LogP contribution in [0.3, 0.4) is 0 Å². The maximum atomic E-state index is 14.6. The number of nitrogens with zero attached hydrogens (tertiary/aromatic N) is 2. The maximum absolute atomic E-state index is 14.6. The Morgan fingerprint density at radius 2 is 1.26 bits per heavy atom. The zero-order valence-electron chi connectivity index (χ0n) is 16.3. The molecule has 0 amide bonds. The number of aliphatic hydroxyl groups excluding tert-OH is 2. The zero-order valence-corrected chi connectivity index (χ0v) is 17.9. The second-order valence-corrected chi connectivity index (χ2v) is 8.53. The molecular formula is C21H16F2N2O4S2. The van der Waals surface area contributed by atoms with Gasteiger partial charge in [-0.1, -0.05) is 0 Å². The molecule has 6 nitrogen and oxygen atoms in total. The van der Waals surface area contributed by atoms with Crippen molar-refractivity contribution in [1.29, 1.82) is 0 Å². The van der Waals surface area contributed by atoms with Crippen LogP contribution in [-0.4, -0.2) is 40.3 Å². The molecule has 2 N–H and O–H groups in total. The molecule has 0 saturated carbocycles. The largest absolute Gasteiger partial charge is 0.506 e. The Bertz CT molecular complexity index is 1230.